The van der Waals surface area contributed by atoms with E-state index in [0.29, 0.717) is 22.3 Å². The second-order valence-corrected chi connectivity index (χ2v) is 11.9. The van der Waals surface area contributed by atoms with E-state index in [-0.39, 0.29) is 51.3 Å². The van der Waals surface area contributed by atoms with Crippen molar-refractivity contribution in [1.29, 1.82) is 0 Å². The van der Waals surface area contributed by atoms with Crippen LogP contribution >= 0.6 is 0 Å². The van der Waals surface area contributed by atoms with E-state index in [1.807, 2.05) is 0 Å². The standard InChI is InChI=1S/C38H32O14/c1-18-12-23(39)6-7-24(18)35-33(38(49)51-31(37(47)48)17-22-4-9-27(41)28(42)14-22)25-13-21(15-29(43)34(25)52-35)5-10-32(44)50-30(36(45)46)16-20-3-8-26(40)19(2)11-20/h3-15,30-31,39-43H,16-17H2,1-2H3,(H,45,46)(H,47,48). The largest absolute Gasteiger partial charge is 0.508 e. The summed E-state index contributed by atoms with van der Waals surface area (Å²) in [4.78, 5) is 50.6. The highest BCUT2D eigenvalue weighted by Gasteiger charge is 2.31. The zero-order valence-corrected chi connectivity index (χ0v) is 27.6. The molecule has 4 aromatic carbocycles. The van der Waals surface area contributed by atoms with Crippen molar-refractivity contribution in [2.45, 2.75) is 38.9 Å². The van der Waals surface area contributed by atoms with E-state index in [1.54, 1.807) is 19.9 Å². The van der Waals surface area contributed by atoms with Gasteiger partial charge in [0.25, 0.3) is 0 Å². The number of carboxylic acid groups (broad SMARTS) is 2. The highest BCUT2D eigenvalue weighted by atomic mass is 16.6. The molecule has 0 aliphatic heterocycles. The molecule has 0 aliphatic carbocycles. The fraction of sp³-hybridized carbons (Fsp3) is 0.158. The number of furan rings is 1. The Morgan fingerprint density at radius 3 is 1.94 bits per heavy atom. The molecule has 2 unspecified atom stereocenters. The third-order valence-electron chi connectivity index (χ3n) is 8.06. The first-order valence-corrected chi connectivity index (χ1v) is 15.6. The van der Waals surface area contributed by atoms with E-state index in [4.69, 9.17) is 13.9 Å². The lowest BCUT2D eigenvalue weighted by atomic mass is 10.00. The van der Waals surface area contributed by atoms with Gasteiger partial charge in [-0.3, -0.25) is 0 Å². The van der Waals surface area contributed by atoms with Gasteiger partial charge in [-0.05, 0) is 96.3 Å². The van der Waals surface area contributed by atoms with Crippen LogP contribution in [0, 0.1) is 13.8 Å². The lowest BCUT2D eigenvalue weighted by Crippen LogP contribution is -2.29. The molecular formula is C38H32O14. The first kappa shape index (κ1) is 36.3. The Morgan fingerprint density at radius 1 is 0.692 bits per heavy atom. The summed E-state index contributed by atoms with van der Waals surface area (Å²) in [7, 11) is 0. The van der Waals surface area contributed by atoms with E-state index >= 15 is 0 Å². The normalized spacial score (nSPS) is 12.4. The number of carboxylic acids is 2. The van der Waals surface area contributed by atoms with E-state index in [2.05, 4.69) is 0 Å². The summed E-state index contributed by atoms with van der Waals surface area (Å²) in [6, 6.07) is 14.8. The number of hydrogen-bond donors (Lipinski definition) is 7. The number of carbonyl (C=O) groups is 4. The molecule has 0 bridgehead atoms. The zero-order chi connectivity index (χ0) is 37.9. The lowest BCUT2D eigenvalue weighted by molar-refractivity contribution is -0.160. The number of ether oxygens (including phenoxy) is 2. The Labute approximate surface area is 294 Å². The quantitative estimate of drug-likeness (QED) is 0.0490. The van der Waals surface area contributed by atoms with Gasteiger partial charge >= 0.3 is 23.9 Å². The van der Waals surface area contributed by atoms with Gasteiger partial charge in [-0.25, -0.2) is 19.2 Å². The minimum Gasteiger partial charge on any atom is -0.508 e. The van der Waals surface area contributed by atoms with Gasteiger partial charge in [-0.15, -0.1) is 0 Å². The average molecular weight is 713 g/mol. The van der Waals surface area contributed by atoms with Crippen LogP contribution in [-0.4, -0.2) is 71.8 Å². The van der Waals surface area contributed by atoms with Gasteiger partial charge in [-0.1, -0.05) is 18.2 Å². The molecule has 2 atom stereocenters. The van der Waals surface area contributed by atoms with E-state index < -0.39 is 59.8 Å². The van der Waals surface area contributed by atoms with Gasteiger partial charge in [0.05, 0.1) is 0 Å². The molecule has 0 aliphatic rings. The van der Waals surface area contributed by atoms with Crippen LogP contribution in [-0.2, 0) is 36.7 Å². The van der Waals surface area contributed by atoms with Gasteiger partial charge in [-0.2, -0.15) is 0 Å². The molecule has 14 nitrogen and oxygen atoms in total. The second-order valence-electron chi connectivity index (χ2n) is 11.9. The lowest BCUT2D eigenvalue weighted by Gasteiger charge is -2.15. The van der Waals surface area contributed by atoms with E-state index in [9.17, 15) is 54.9 Å². The van der Waals surface area contributed by atoms with Crippen LogP contribution < -0.4 is 0 Å². The predicted molar refractivity (Wildman–Crippen MR) is 183 cm³/mol. The van der Waals surface area contributed by atoms with Gasteiger partial charge in [0.15, 0.2) is 22.8 Å². The zero-order valence-electron chi connectivity index (χ0n) is 27.6. The van der Waals surface area contributed by atoms with Crippen molar-refractivity contribution in [3.63, 3.8) is 0 Å². The molecule has 268 valence electrons. The maximum atomic E-state index is 13.9. The van der Waals surface area contributed by atoms with E-state index in [0.717, 1.165) is 18.2 Å². The molecule has 52 heavy (non-hydrogen) atoms. The minimum absolute atomic E-state index is 0.0204. The summed E-state index contributed by atoms with van der Waals surface area (Å²) in [6.45, 7) is 3.24. The van der Waals surface area contributed by atoms with Gasteiger partial charge in [0.1, 0.15) is 22.8 Å². The topological polar surface area (TPSA) is 241 Å². The summed E-state index contributed by atoms with van der Waals surface area (Å²) in [5.74, 6) is -6.78. The van der Waals surface area contributed by atoms with Crippen molar-refractivity contribution < 1.29 is 68.8 Å². The van der Waals surface area contributed by atoms with Crippen molar-refractivity contribution in [3.8, 4) is 40.1 Å². The number of esters is 2. The number of fused-ring (bicyclic) bond motifs is 1. The van der Waals surface area contributed by atoms with Gasteiger partial charge < -0.3 is 49.6 Å². The fourth-order valence-corrected chi connectivity index (χ4v) is 5.45. The first-order chi connectivity index (χ1) is 24.6. The Hall–Kier alpha value is -6.96. The van der Waals surface area contributed by atoms with E-state index in [1.165, 1.54) is 54.6 Å². The molecule has 0 amide bonds. The van der Waals surface area contributed by atoms with Crippen molar-refractivity contribution >= 4 is 40.9 Å². The molecular weight excluding hydrogens is 680 g/mol. The Balaban J connectivity index is 1.49. The monoisotopic (exact) mass is 712 g/mol. The number of hydrogen-bond acceptors (Lipinski definition) is 12. The van der Waals surface area contributed by atoms with Crippen LogP contribution in [0.2, 0.25) is 0 Å². The maximum Gasteiger partial charge on any atom is 0.345 e. The average Bonchev–Trinajstić information content (AvgIpc) is 3.46. The second kappa shape index (κ2) is 14.9. The van der Waals surface area contributed by atoms with Crippen LogP contribution in [0.25, 0.3) is 28.4 Å². The summed E-state index contributed by atoms with van der Waals surface area (Å²) in [6.07, 6.45) is -1.84. The molecule has 0 saturated heterocycles. The van der Waals surface area contributed by atoms with Gasteiger partial charge in [0, 0.05) is 29.9 Å². The molecule has 7 N–H and O–H groups in total. The molecule has 0 fully saturated rings. The van der Waals surface area contributed by atoms with Crippen LogP contribution in [0.15, 0.2) is 77.2 Å². The predicted octanol–water partition coefficient (Wildman–Crippen LogP) is 5.35. The molecule has 14 heteroatoms. The number of rotatable bonds is 12. The third kappa shape index (κ3) is 8.08. The fourth-order valence-electron chi connectivity index (χ4n) is 5.45. The number of benzene rings is 4. The third-order valence-corrected chi connectivity index (χ3v) is 8.06. The number of aryl methyl sites for hydroxylation is 2. The van der Waals surface area contributed by atoms with Crippen molar-refractivity contribution in [2.24, 2.45) is 0 Å². The smallest absolute Gasteiger partial charge is 0.345 e. The van der Waals surface area contributed by atoms with Crippen LogP contribution in [0.1, 0.15) is 38.2 Å². The Bertz CT molecular complexity index is 2250. The van der Waals surface area contributed by atoms with Gasteiger partial charge in [0.2, 0.25) is 12.2 Å². The molecule has 1 aromatic heterocycles. The molecule has 0 spiro atoms. The number of aromatic hydroxyl groups is 5. The SMILES string of the molecule is Cc1cc(CC(OC(=O)C=Cc2cc(O)c3oc(-c4ccc(O)cc4C)c(C(=O)OC(Cc4ccc(O)c(O)c4)C(=O)O)c3c2)C(=O)O)ccc1O. The molecule has 5 aromatic rings. The molecule has 0 radical (unpaired) electrons. The van der Waals surface area contributed by atoms with Crippen LogP contribution in [0.5, 0.6) is 28.7 Å². The molecule has 1 heterocycles. The number of carbonyl (C=O) groups excluding carboxylic acids is 2. The van der Waals surface area contributed by atoms with Crippen LogP contribution in [0.3, 0.4) is 0 Å². The molecule has 0 saturated carbocycles. The number of phenolic OH excluding ortho intramolecular Hbond substituents is 5. The maximum absolute atomic E-state index is 13.9. The minimum atomic E-state index is -1.78. The summed E-state index contributed by atoms with van der Waals surface area (Å²) >= 11 is 0. The van der Waals surface area contributed by atoms with Crippen molar-refractivity contribution in [2.75, 3.05) is 0 Å². The number of phenols is 5. The first-order valence-electron chi connectivity index (χ1n) is 15.6. The van der Waals surface area contributed by atoms with Crippen LogP contribution in [0.4, 0.5) is 0 Å². The van der Waals surface area contributed by atoms with Crippen molar-refractivity contribution in [1.82, 2.24) is 0 Å². The highest BCUT2D eigenvalue weighted by molar-refractivity contribution is 6.11. The summed E-state index contributed by atoms with van der Waals surface area (Å²) in [5.41, 5.74) is 1.60. The Kier molecular flexibility index (Phi) is 10.4. The highest BCUT2D eigenvalue weighted by Crippen LogP contribution is 2.41. The Morgan fingerprint density at radius 2 is 1.33 bits per heavy atom. The summed E-state index contributed by atoms with van der Waals surface area (Å²) in [5, 5.41) is 69.7. The number of aliphatic carboxylic acids is 2. The molecule has 5 rings (SSSR count). The summed E-state index contributed by atoms with van der Waals surface area (Å²) < 4.78 is 16.5. The van der Waals surface area contributed by atoms with Crippen molar-refractivity contribution in [3.05, 3.63) is 106 Å².